The molecule has 0 aromatic heterocycles. The topological polar surface area (TPSA) is 41.5 Å². The summed E-state index contributed by atoms with van der Waals surface area (Å²) in [6.45, 7) is 1.98. The van der Waals surface area contributed by atoms with Crippen molar-refractivity contribution in [2.75, 3.05) is 0 Å². The van der Waals surface area contributed by atoms with Crippen LogP contribution in [0.2, 0.25) is 0 Å². The van der Waals surface area contributed by atoms with Gasteiger partial charge in [0.25, 0.3) is 0 Å². The number of benzene rings is 2. The molecule has 4 heteroatoms. The van der Waals surface area contributed by atoms with Gasteiger partial charge in [0.2, 0.25) is 0 Å². The van der Waals surface area contributed by atoms with Gasteiger partial charge in [-0.05, 0) is 0 Å². The standard InChI is InChI=1S/C15H13N2OSe/c1-11-7-5-6-10-13(11)16-15(19)17-14(18)12-8-3-2-4-9-12/h2-10H,1H3,(H,16,17,18). The number of rotatable bonds is 2. The van der Waals surface area contributed by atoms with Gasteiger partial charge in [0, 0.05) is 0 Å². The number of amidine groups is 1. The molecule has 0 saturated carbocycles. The van der Waals surface area contributed by atoms with Crippen LogP contribution in [-0.4, -0.2) is 26.7 Å². The Balaban J connectivity index is 2.12. The van der Waals surface area contributed by atoms with Gasteiger partial charge in [0.15, 0.2) is 0 Å². The second kappa shape index (κ2) is 6.32. The molecule has 3 nitrogen and oxygen atoms in total. The van der Waals surface area contributed by atoms with Crippen LogP contribution < -0.4 is 5.32 Å². The summed E-state index contributed by atoms with van der Waals surface area (Å²) in [7, 11) is 0. The van der Waals surface area contributed by atoms with Gasteiger partial charge in [-0.15, -0.1) is 0 Å². The molecule has 1 radical (unpaired) electrons. The first-order valence-corrected chi connectivity index (χ1v) is 6.70. The fraction of sp³-hybridized carbons (Fsp3) is 0.0667. The van der Waals surface area contributed by atoms with Crippen molar-refractivity contribution in [1.29, 1.82) is 0 Å². The van der Waals surface area contributed by atoms with Gasteiger partial charge in [0.05, 0.1) is 0 Å². The number of aliphatic imine (C=N–C) groups is 1. The van der Waals surface area contributed by atoms with Crippen LogP contribution >= 0.6 is 0 Å². The molecular formula is C15H13N2OSe. The van der Waals surface area contributed by atoms with Crippen LogP contribution in [0.5, 0.6) is 0 Å². The SMILES string of the molecule is Cc1ccccc1N=C([Se])NC(=O)c1ccccc1. The van der Waals surface area contributed by atoms with Gasteiger partial charge in [0.1, 0.15) is 0 Å². The average molecular weight is 316 g/mol. The second-order valence-corrected chi connectivity index (χ2v) is 4.83. The van der Waals surface area contributed by atoms with Crippen LogP contribution in [0, 0.1) is 6.92 Å². The van der Waals surface area contributed by atoms with Crippen molar-refractivity contribution in [3.05, 3.63) is 65.7 Å². The summed E-state index contributed by atoms with van der Waals surface area (Å²) in [5.41, 5.74) is 2.50. The molecule has 0 fully saturated rings. The molecule has 2 aromatic carbocycles. The Kier molecular flexibility index (Phi) is 4.50. The van der Waals surface area contributed by atoms with Crippen molar-refractivity contribution < 1.29 is 4.79 Å². The number of nitrogens with zero attached hydrogens (tertiary/aromatic N) is 1. The van der Waals surface area contributed by atoms with Crippen LogP contribution in [0.4, 0.5) is 5.69 Å². The number of hydrogen-bond acceptors (Lipinski definition) is 2. The van der Waals surface area contributed by atoms with Crippen molar-refractivity contribution in [2.45, 2.75) is 6.92 Å². The number of amides is 1. The Hall–Kier alpha value is -1.90. The van der Waals surface area contributed by atoms with E-state index >= 15 is 0 Å². The number of aryl methyl sites for hydroxylation is 1. The summed E-state index contributed by atoms with van der Waals surface area (Å²) < 4.78 is 0.461. The van der Waals surface area contributed by atoms with E-state index in [9.17, 15) is 4.79 Å². The summed E-state index contributed by atoms with van der Waals surface area (Å²) >= 11 is 2.77. The molecular weight excluding hydrogens is 303 g/mol. The molecule has 0 unspecified atom stereocenters. The zero-order chi connectivity index (χ0) is 13.7. The predicted molar refractivity (Wildman–Crippen MR) is 77.9 cm³/mol. The predicted octanol–water partition coefficient (Wildman–Crippen LogP) is 2.58. The van der Waals surface area contributed by atoms with E-state index < -0.39 is 0 Å². The first kappa shape index (κ1) is 13.5. The van der Waals surface area contributed by atoms with Crippen molar-refractivity contribution in [2.24, 2.45) is 4.99 Å². The molecule has 2 rings (SSSR count). The molecule has 2 aromatic rings. The fourth-order valence-corrected chi connectivity index (χ4v) is 1.99. The summed E-state index contributed by atoms with van der Waals surface area (Å²) in [4.78, 5) is 16.3. The van der Waals surface area contributed by atoms with Crippen molar-refractivity contribution >= 4 is 32.3 Å². The van der Waals surface area contributed by atoms with Crippen LogP contribution in [0.3, 0.4) is 0 Å². The molecule has 1 amide bonds. The minimum absolute atomic E-state index is 0.174. The number of para-hydroxylation sites is 1. The van der Waals surface area contributed by atoms with Crippen LogP contribution in [0.1, 0.15) is 15.9 Å². The maximum absolute atomic E-state index is 11.9. The molecule has 19 heavy (non-hydrogen) atoms. The van der Waals surface area contributed by atoms with E-state index in [-0.39, 0.29) is 5.91 Å². The molecule has 0 aliphatic rings. The van der Waals surface area contributed by atoms with E-state index in [0.717, 1.165) is 11.3 Å². The number of nitrogens with one attached hydrogen (secondary N) is 1. The summed E-state index contributed by atoms with van der Waals surface area (Å²) in [5.74, 6) is -0.174. The molecule has 0 atom stereocenters. The van der Waals surface area contributed by atoms with Gasteiger partial charge in [-0.2, -0.15) is 0 Å². The minimum atomic E-state index is -0.174. The normalized spacial score (nSPS) is 11.1. The monoisotopic (exact) mass is 317 g/mol. The van der Waals surface area contributed by atoms with Gasteiger partial charge in [-0.1, -0.05) is 0 Å². The van der Waals surface area contributed by atoms with Gasteiger partial charge >= 0.3 is 120 Å². The molecule has 0 bridgehead atoms. The maximum atomic E-state index is 11.9. The Labute approximate surface area is 120 Å². The average Bonchev–Trinajstić information content (AvgIpc) is 2.42. The quantitative estimate of drug-likeness (QED) is 0.516. The van der Waals surface area contributed by atoms with Crippen LogP contribution in [0.15, 0.2) is 59.6 Å². The molecule has 0 saturated heterocycles. The Morgan fingerprint density at radius 2 is 1.68 bits per heavy atom. The number of hydrogen-bond donors (Lipinski definition) is 1. The van der Waals surface area contributed by atoms with E-state index in [4.69, 9.17) is 0 Å². The Morgan fingerprint density at radius 3 is 2.37 bits per heavy atom. The third kappa shape index (κ3) is 3.78. The number of carbonyl (C=O) groups excluding carboxylic acids is 1. The second-order valence-electron chi connectivity index (χ2n) is 4.02. The third-order valence-corrected chi connectivity index (χ3v) is 3.00. The first-order chi connectivity index (χ1) is 9.16. The first-order valence-electron chi connectivity index (χ1n) is 5.84. The van der Waals surface area contributed by atoms with E-state index in [1.54, 1.807) is 12.1 Å². The molecule has 0 aliphatic heterocycles. The molecule has 1 N–H and O–H groups in total. The molecule has 95 valence electrons. The third-order valence-electron chi connectivity index (χ3n) is 2.59. The summed E-state index contributed by atoms with van der Waals surface area (Å²) in [6, 6.07) is 16.8. The van der Waals surface area contributed by atoms with E-state index in [1.165, 1.54) is 0 Å². The molecule has 0 aliphatic carbocycles. The summed E-state index contributed by atoms with van der Waals surface area (Å²) in [5, 5.41) is 2.73. The zero-order valence-electron chi connectivity index (χ0n) is 10.5. The van der Waals surface area contributed by atoms with Crippen LogP contribution in [-0.2, 0) is 0 Å². The van der Waals surface area contributed by atoms with Crippen LogP contribution in [0.25, 0.3) is 0 Å². The Morgan fingerprint density at radius 1 is 1.05 bits per heavy atom. The van der Waals surface area contributed by atoms with Gasteiger partial charge in [-0.3, -0.25) is 0 Å². The van der Waals surface area contributed by atoms with E-state index in [0.29, 0.717) is 10.3 Å². The van der Waals surface area contributed by atoms with E-state index in [1.807, 2.05) is 49.4 Å². The summed E-state index contributed by atoms with van der Waals surface area (Å²) in [6.07, 6.45) is 0. The Bertz CT molecular complexity index is 609. The van der Waals surface area contributed by atoms with Crippen molar-refractivity contribution in [3.8, 4) is 0 Å². The molecule has 0 heterocycles. The van der Waals surface area contributed by atoms with Crippen molar-refractivity contribution in [1.82, 2.24) is 5.32 Å². The van der Waals surface area contributed by atoms with Crippen molar-refractivity contribution in [3.63, 3.8) is 0 Å². The molecule has 0 spiro atoms. The number of carbonyl (C=O) groups is 1. The van der Waals surface area contributed by atoms with E-state index in [2.05, 4.69) is 26.3 Å². The zero-order valence-corrected chi connectivity index (χ0v) is 12.2. The van der Waals surface area contributed by atoms with Gasteiger partial charge in [-0.25, -0.2) is 0 Å². The fourth-order valence-electron chi connectivity index (χ4n) is 1.59. The van der Waals surface area contributed by atoms with Gasteiger partial charge < -0.3 is 0 Å².